The highest BCUT2D eigenvalue weighted by molar-refractivity contribution is 6.69. The van der Waals surface area contributed by atoms with Crippen LogP contribution in [0.5, 0.6) is 0 Å². The summed E-state index contributed by atoms with van der Waals surface area (Å²) in [5, 5.41) is 9.44. The van der Waals surface area contributed by atoms with Gasteiger partial charge in [-0.25, -0.2) is 0 Å². The van der Waals surface area contributed by atoms with Crippen LogP contribution in [0.25, 0.3) is 0 Å². The predicted octanol–water partition coefficient (Wildman–Crippen LogP) is 3.48. The Morgan fingerprint density at radius 3 is 2.33 bits per heavy atom. The van der Waals surface area contributed by atoms with Gasteiger partial charge in [0.25, 0.3) is 0 Å². The van der Waals surface area contributed by atoms with Gasteiger partial charge in [-0.3, -0.25) is 4.79 Å². The summed E-state index contributed by atoms with van der Waals surface area (Å²) < 4.78 is 5.98. The van der Waals surface area contributed by atoms with Crippen molar-refractivity contribution < 1.29 is 9.22 Å². The molecule has 1 atom stereocenters. The number of carbonyl (C=O) groups is 1. The minimum Gasteiger partial charge on any atom is -0.397 e. The molecule has 4 heteroatoms. The van der Waals surface area contributed by atoms with Gasteiger partial charge >= 0.3 is 0 Å². The highest BCUT2D eigenvalue weighted by Gasteiger charge is 2.35. The van der Waals surface area contributed by atoms with E-state index in [4.69, 9.17) is 4.43 Å². The summed E-state index contributed by atoms with van der Waals surface area (Å²) in [6.45, 7) is 9.31. The van der Waals surface area contributed by atoms with Crippen molar-refractivity contribution in [2.45, 2.75) is 39.1 Å². The SMILES string of the molecule is CC(=O)c1ccccc1[C@](C)(C#N)O[Si](C)(C)C. The van der Waals surface area contributed by atoms with Gasteiger partial charge in [-0.05, 0) is 33.5 Å². The monoisotopic (exact) mass is 261 g/mol. The molecular formula is C14H19NO2Si. The molecule has 18 heavy (non-hydrogen) atoms. The Kier molecular flexibility index (Phi) is 4.10. The normalized spacial score (nSPS) is 14.7. The number of hydrogen-bond acceptors (Lipinski definition) is 3. The standard InChI is InChI=1S/C14H19NO2Si/c1-11(16)12-8-6-7-9-13(12)14(2,10-15)17-18(3,4)5/h6-9H,1-5H3/t14-/m0/s1. The summed E-state index contributed by atoms with van der Waals surface area (Å²) >= 11 is 0. The molecule has 0 saturated heterocycles. The summed E-state index contributed by atoms with van der Waals surface area (Å²) in [6.07, 6.45) is 0. The van der Waals surface area contributed by atoms with Crippen molar-refractivity contribution in [3.8, 4) is 6.07 Å². The van der Waals surface area contributed by atoms with Crippen LogP contribution in [0.3, 0.4) is 0 Å². The van der Waals surface area contributed by atoms with Crippen molar-refractivity contribution in [1.29, 1.82) is 5.26 Å². The molecule has 0 bridgehead atoms. The van der Waals surface area contributed by atoms with Gasteiger partial charge < -0.3 is 4.43 Å². The first-order valence-corrected chi connectivity index (χ1v) is 9.32. The van der Waals surface area contributed by atoms with E-state index in [0.717, 1.165) is 0 Å². The van der Waals surface area contributed by atoms with Gasteiger partial charge in [-0.15, -0.1) is 0 Å². The Bertz CT molecular complexity index is 499. The molecule has 0 aliphatic rings. The van der Waals surface area contributed by atoms with Crippen LogP contribution in [0, 0.1) is 11.3 Å². The third-order valence-corrected chi connectivity index (χ3v) is 3.56. The Balaban J connectivity index is 3.34. The highest BCUT2D eigenvalue weighted by atomic mass is 28.4. The zero-order valence-electron chi connectivity index (χ0n) is 11.6. The average molecular weight is 261 g/mol. The molecule has 0 aliphatic carbocycles. The number of rotatable bonds is 4. The maximum atomic E-state index is 11.6. The van der Waals surface area contributed by atoms with Crippen LogP contribution < -0.4 is 0 Å². The van der Waals surface area contributed by atoms with E-state index in [1.807, 2.05) is 25.7 Å². The number of ketones is 1. The molecule has 0 radical (unpaired) electrons. The maximum Gasteiger partial charge on any atom is 0.186 e. The second kappa shape index (κ2) is 5.05. The first-order chi connectivity index (χ1) is 8.19. The second-order valence-corrected chi connectivity index (χ2v) is 9.89. The number of nitrogens with zero attached hydrogens (tertiary/aromatic N) is 1. The second-order valence-electron chi connectivity index (χ2n) is 5.46. The quantitative estimate of drug-likeness (QED) is 0.616. The van der Waals surface area contributed by atoms with Crippen LogP contribution in [0.1, 0.15) is 29.8 Å². The molecule has 3 nitrogen and oxygen atoms in total. The van der Waals surface area contributed by atoms with E-state index >= 15 is 0 Å². The van der Waals surface area contributed by atoms with Gasteiger partial charge in [0.05, 0.1) is 0 Å². The summed E-state index contributed by atoms with van der Waals surface area (Å²) in [6, 6.07) is 9.36. The van der Waals surface area contributed by atoms with E-state index < -0.39 is 13.9 Å². The van der Waals surface area contributed by atoms with Crippen molar-refractivity contribution in [2.75, 3.05) is 0 Å². The zero-order chi connectivity index (χ0) is 14.0. The van der Waals surface area contributed by atoms with Crippen LogP contribution in [-0.4, -0.2) is 14.1 Å². The van der Waals surface area contributed by atoms with E-state index in [1.54, 1.807) is 25.1 Å². The van der Waals surface area contributed by atoms with Crippen LogP contribution in [0.4, 0.5) is 0 Å². The number of nitriles is 1. The molecule has 96 valence electrons. The molecule has 0 fully saturated rings. The Morgan fingerprint density at radius 2 is 1.89 bits per heavy atom. The van der Waals surface area contributed by atoms with Gasteiger partial charge in [-0.1, -0.05) is 24.3 Å². The minimum absolute atomic E-state index is 0.0498. The van der Waals surface area contributed by atoms with Crippen molar-refractivity contribution in [3.63, 3.8) is 0 Å². The Labute approximate surface area is 110 Å². The third-order valence-electron chi connectivity index (χ3n) is 2.54. The fourth-order valence-corrected chi connectivity index (χ4v) is 3.34. The maximum absolute atomic E-state index is 11.6. The lowest BCUT2D eigenvalue weighted by molar-refractivity contribution is 0.0996. The lowest BCUT2D eigenvalue weighted by Gasteiger charge is -2.31. The molecule has 1 aromatic carbocycles. The predicted molar refractivity (Wildman–Crippen MR) is 73.8 cm³/mol. The summed E-state index contributed by atoms with van der Waals surface area (Å²) in [5.41, 5.74) is 0.148. The summed E-state index contributed by atoms with van der Waals surface area (Å²) in [5.74, 6) is -0.0498. The van der Waals surface area contributed by atoms with Crippen molar-refractivity contribution >= 4 is 14.1 Å². The fraction of sp³-hybridized carbons (Fsp3) is 0.429. The van der Waals surface area contributed by atoms with E-state index in [0.29, 0.717) is 11.1 Å². The zero-order valence-corrected chi connectivity index (χ0v) is 12.6. The van der Waals surface area contributed by atoms with E-state index in [-0.39, 0.29) is 5.78 Å². The third kappa shape index (κ3) is 3.28. The molecule has 0 spiro atoms. The van der Waals surface area contributed by atoms with Crippen molar-refractivity contribution in [2.24, 2.45) is 0 Å². The van der Waals surface area contributed by atoms with Gasteiger partial charge in [-0.2, -0.15) is 5.26 Å². The Morgan fingerprint density at radius 1 is 1.33 bits per heavy atom. The molecule has 0 aromatic heterocycles. The highest BCUT2D eigenvalue weighted by Crippen LogP contribution is 2.31. The summed E-state index contributed by atoms with van der Waals surface area (Å²) in [7, 11) is -1.89. The Hall–Kier alpha value is -1.44. The van der Waals surface area contributed by atoms with Crippen molar-refractivity contribution in [3.05, 3.63) is 35.4 Å². The first-order valence-electron chi connectivity index (χ1n) is 5.91. The molecule has 1 rings (SSSR count). The van der Waals surface area contributed by atoms with Crippen LogP contribution >= 0.6 is 0 Å². The van der Waals surface area contributed by atoms with E-state index in [9.17, 15) is 10.1 Å². The largest absolute Gasteiger partial charge is 0.397 e. The lowest BCUT2D eigenvalue weighted by atomic mass is 9.91. The van der Waals surface area contributed by atoms with Crippen LogP contribution in [-0.2, 0) is 10.0 Å². The van der Waals surface area contributed by atoms with E-state index in [1.165, 1.54) is 6.92 Å². The molecule has 0 aliphatic heterocycles. The van der Waals surface area contributed by atoms with E-state index in [2.05, 4.69) is 6.07 Å². The molecule has 0 saturated carbocycles. The van der Waals surface area contributed by atoms with Crippen LogP contribution in [0.2, 0.25) is 19.6 Å². The molecular weight excluding hydrogens is 242 g/mol. The van der Waals surface area contributed by atoms with Gasteiger partial charge in [0.2, 0.25) is 0 Å². The minimum atomic E-state index is -1.89. The van der Waals surface area contributed by atoms with Crippen LogP contribution in [0.15, 0.2) is 24.3 Å². The number of carbonyl (C=O) groups excluding carboxylic acids is 1. The molecule has 0 amide bonds. The molecule has 0 unspecified atom stereocenters. The number of Topliss-reactive ketones (excluding diaryl/α,β-unsaturated/α-hetero) is 1. The smallest absolute Gasteiger partial charge is 0.186 e. The topological polar surface area (TPSA) is 50.1 Å². The number of hydrogen-bond donors (Lipinski definition) is 0. The van der Waals surface area contributed by atoms with Gasteiger partial charge in [0.1, 0.15) is 6.07 Å². The van der Waals surface area contributed by atoms with Gasteiger partial charge in [0.15, 0.2) is 19.7 Å². The average Bonchev–Trinajstić information content (AvgIpc) is 2.26. The molecule has 0 heterocycles. The fourth-order valence-electron chi connectivity index (χ4n) is 1.96. The molecule has 0 N–H and O–H groups in total. The first kappa shape index (κ1) is 14.6. The van der Waals surface area contributed by atoms with Crippen molar-refractivity contribution in [1.82, 2.24) is 0 Å². The molecule has 1 aromatic rings. The lowest BCUT2D eigenvalue weighted by Crippen LogP contribution is -2.38. The van der Waals surface area contributed by atoms with Gasteiger partial charge in [0, 0.05) is 11.1 Å². The summed E-state index contributed by atoms with van der Waals surface area (Å²) in [4.78, 5) is 11.6. The number of benzene rings is 1.